The van der Waals surface area contributed by atoms with Gasteiger partial charge in [-0.3, -0.25) is 4.79 Å². The Bertz CT molecular complexity index is 1130. The maximum atomic E-state index is 12.5. The first-order valence-corrected chi connectivity index (χ1v) is 11.2. The fourth-order valence-electron chi connectivity index (χ4n) is 2.85. The van der Waals surface area contributed by atoms with Crippen LogP contribution in [0, 0.1) is 0 Å². The Morgan fingerprint density at radius 1 is 1.06 bits per heavy atom. The number of carbonyl (C=O) groups is 1. The van der Waals surface area contributed by atoms with E-state index in [1.54, 1.807) is 18.2 Å². The minimum atomic E-state index is -3.74. The highest BCUT2D eigenvalue weighted by Crippen LogP contribution is 2.25. The SMILES string of the molecule is CN(CC(=O)NCc1nc(-c2ccc(C(C)(C)C)cc2)no1)S(=O)(=O)c1ccccc1. The van der Waals surface area contributed by atoms with Crippen LogP contribution in [0.4, 0.5) is 0 Å². The molecule has 1 aromatic heterocycles. The molecule has 0 radical (unpaired) electrons. The average Bonchev–Trinajstić information content (AvgIpc) is 3.21. The van der Waals surface area contributed by atoms with Crippen LogP contribution in [0.1, 0.15) is 32.2 Å². The number of sulfonamides is 1. The van der Waals surface area contributed by atoms with Crippen LogP contribution in [-0.2, 0) is 26.8 Å². The minimum absolute atomic E-state index is 0.00509. The van der Waals surface area contributed by atoms with Gasteiger partial charge in [0.15, 0.2) is 0 Å². The van der Waals surface area contributed by atoms with Gasteiger partial charge in [0, 0.05) is 12.6 Å². The molecule has 1 N–H and O–H groups in total. The molecule has 2 aromatic carbocycles. The standard InChI is InChI=1S/C22H26N4O4S/c1-22(2,3)17-12-10-16(11-13-17)21-24-20(30-25-21)14-23-19(27)15-26(4)31(28,29)18-8-6-5-7-9-18/h5-13H,14-15H2,1-4H3,(H,23,27). The normalized spacial score (nSPS) is 12.2. The topological polar surface area (TPSA) is 105 Å². The van der Waals surface area contributed by atoms with Crippen molar-refractivity contribution >= 4 is 15.9 Å². The van der Waals surface area contributed by atoms with Gasteiger partial charge >= 0.3 is 0 Å². The van der Waals surface area contributed by atoms with Gasteiger partial charge in [-0.2, -0.15) is 9.29 Å². The second kappa shape index (κ2) is 8.99. The molecule has 0 aliphatic heterocycles. The lowest BCUT2D eigenvalue weighted by Crippen LogP contribution is -2.38. The van der Waals surface area contributed by atoms with E-state index in [1.165, 1.54) is 24.7 Å². The van der Waals surface area contributed by atoms with Gasteiger partial charge in [0.25, 0.3) is 0 Å². The van der Waals surface area contributed by atoms with Gasteiger partial charge in [0.1, 0.15) is 0 Å². The Kier molecular flexibility index (Phi) is 6.56. The molecule has 0 bridgehead atoms. The van der Waals surface area contributed by atoms with E-state index in [2.05, 4.69) is 36.2 Å². The Labute approximate surface area is 182 Å². The van der Waals surface area contributed by atoms with Crippen molar-refractivity contribution in [2.75, 3.05) is 13.6 Å². The molecule has 3 rings (SSSR count). The molecule has 0 aliphatic carbocycles. The van der Waals surface area contributed by atoms with Crippen LogP contribution in [-0.4, -0.2) is 42.4 Å². The molecule has 1 heterocycles. The molecule has 164 valence electrons. The van der Waals surface area contributed by atoms with Gasteiger partial charge in [-0.25, -0.2) is 8.42 Å². The molecule has 0 saturated heterocycles. The number of hydrogen-bond acceptors (Lipinski definition) is 6. The van der Waals surface area contributed by atoms with Crippen molar-refractivity contribution in [3.63, 3.8) is 0 Å². The lowest BCUT2D eigenvalue weighted by atomic mass is 9.87. The zero-order valence-electron chi connectivity index (χ0n) is 18.0. The first-order valence-electron chi connectivity index (χ1n) is 9.79. The van der Waals surface area contributed by atoms with Crippen LogP contribution in [0.5, 0.6) is 0 Å². The summed E-state index contributed by atoms with van der Waals surface area (Å²) in [5.41, 5.74) is 2.05. The van der Waals surface area contributed by atoms with Crippen LogP contribution in [0.2, 0.25) is 0 Å². The monoisotopic (exact) mass is 442 g/mol. The van der Waals surface area contributed by atoms with Crippen molar-refractivity contribution in [1.29, 1.82) is 0 Å². The quantitative estimate of drug-likeness (QED) is 0.603. The van der Waals surface area contributed by atoms with E-state index >= 15 is 0 Å². The lowest BCUT2D eigenvalue weighted by Gasteiger charge is -2.18. The molecule has 9 heteroatoms. The van der Waals surface area contributed by atoms with Crippen LogP contribution < -0.4 is 5.32 Å². The van der Waals surface area contributed by atoms with Crippen LogP contribution in [0.15, 0.2) is 64.0 Å². The predicted molar refractivity (Wildman–Crippen MR) is 117 cm³/mol. The smallest absolute Gasteiger partial charge is 0.246 e. The molecule has 0 spiro atoms. The van der Waals surface area contributed by atoms with E-state index in [1.807, 2.05) is 24.3 Å². The summed E-state index contributed by atoms with van der Waals surface area (Å²) < 4.78 is 31.2. The Hall–Kier alpha value is -3.04. The minimum Gasteiger partial charge on any atom is -0.346 e. The van der Waals surface area contributed by atoms with E-state index in [0.717, 1.165) is 9.87 Å². The zero-order valence-corrected chi connectivity index (χ0v) is 18.8. The molecule has 0 fully saturated rings. The second-order valence-electron chi connectivity index (χ2n) is 8.19. The Morgan fingerprint density at radius 3 is 2.32 bits per heavy atom. The molecule has 0 saturated carbocycles. The van der Waals surface area contributed by atoms with Gasteiger partial charge < -0.3 is 9.84 Å². The summed E-state index contributed by atoms with van der Waals surface area (Å²) in [6.07, 6.45) is 0. The highest BCUT2D eigenvalue weighted by molar-refractivity contribution is 7.89. The third kappa shape index (κ3) is 5.56. The number of carbonyl (C=O) groups excluding carboxylic acids is 1. The molecular formula is C22H26N4O4S. The number of aromatic nitrogens is 2. The van der Waals surface area contributed by atoms with Gasteiger partial charge in [0.05, 0.1) is 18.0 Å². The molecule has 0 aliphatic rings. The lowest BCUT2D eigenvalue weighted by molar-refractivity contribution is -0.121. The van der Waals surface area contributed by atoms with Crippen LogP contribution in [0.25, 0.3) is 11.4 Å². The fourth-order valence-corrected chi connectivity index (χ4v) is 4.00. The fraction of sp³-hybridized carbons (Fsp3) is 0.318. The number of nitrogens with zero attached hydrogens (tertiary/aromatic N) is 3. The van der Waals surface area contributed by atoms with E-state index in [4.69, 9.17) is 4.52 Å². The summed E-state index contributed by atoms with van der Waals surface area (Å²) in [7, 11) is -2.39. The number of nitrogens with one attached hydrogen (secondary N) is 1. The molecule has 8 nitrogen and oxygen atoms in total. The van der Waals surface area contributed by atoms with Gasteiger partial charge in [-0.05, 0) is 23.1 Å². The van der Waals surface area contributed by atoms with Gasteiger partial charge in [-0.1, -0.05) is 68.4 Å². The first-order chi connectivity index (χ1) is 14.6. The van der Waals surface area contributed by atoms with Crippen molar-refractivity contribution < 1.29 is 17.7 Å². The Balaban J connectivity index is 1.57. The molecule has 3 aromatic rings. The van der Waals surface area contributed by atoms with E-state index in [9.17, 15) is 13.2 Å². The van der Waals surface area contributed by atoms with E-state index < -0.39 is 15.9 Å². The van der Waals surface area contributed by atoms with Crippen molar-refractivity contribution in [2.45, 2.75) is 37.6 Å². The summed E-state index contributed by atoms with van der Waals surface area (Å²) >= 11 is 0. The van der Waals surface area contributed by atoms with Crippen molar-refractivity contribution in [3.05, 3.63) is 66.1 Å². The third-order valence-corrected chi connectivity index (χ3v) is 6.55. The second-order valence-corrected chi connectivity index (χ2v) is 10.2. The van der Waals surface area contributed by atoms with Crippen LogP contribution >= 0.6 is 0 Å². The number of benzene rings is 2. The largest absolute Gasteiger partial charge is 0.346 e. The number of amides is 1. The predicted octanol–water partition coefficient (Wildman–Crippen LogP) is 2.97. The van der Waals surface area contributed by atoms with E-state index in [0.29, 0.717) is 5.82 Å². The molecule has 31 heavy (non-hydrogen) atoms. The van der Waals surface area contributed by atoms with E-state index in [-0.39, 0.29) is 29.3 Å². The number of likely N-dealkylation sites (N-methyl/N-ethyl adjacent to an activating group) is 1. The summed E-state index contributed by atoms with van der Waals surface area (Å²) in [6.45, 7) is 6.09. The average molecular weight is 443 g/mol. The molecular weight excluding hydrogens is 416 g/mol. The Morgan fingerprint density at radius 2 is 1.71 bits per heavy atom. The highest BCUT2D eigenvalue weighted by atomic mass is 32.2. The maximum absolute atomic E-state index is 12.5. The van der Waals surface area contributed by atoms with Crippen LogP contribution in [0.3, 0.4) is 0 Å². The first kappa shape index (κ1) is 22.6. The van der Waals surface area contributed by atoms with Gasteiger partial charge in [0.2, 0.25) is 27.6 Å². The third-order valence-electron chi connectivity index (χ3n) is 4.73. The highest BCUT2D eigenvalue weighted by Gasteiger charge is 2.23. The van der Waals surface area contributed by atoms with Crippen molar-refractivity contribution in [3.8, 4) is 11.4 Å². The van der Waals surface area contributed by atoms with Gasteiger partial charge in [-0.15, -0.1) is 0 Å². The molecule has 0 atom stereocenters. The molecule has 1 amide bonds. The summed E-state index contributed by atoms with van der Waals surface area (Å²) in [5.74, 6) is 0.182. The number of rotatable bonds is 7. The summed E-state index contributed by atoms with van der Waals surface area (Å²) in [5, 5.41) is 6.56. The van der Waals surface area contributed by atoms with Crippen molar-refractivity contribution in [1.82, 2.24) is 19.8 Å². The zero-order chi connectivity index (χ0) is 22.6. The molecule has 0 unspecified atom stereocenters. The van der Waals surface area contributed by atoms with Crippen molar-refractivity contribution in [2.24, 2.45) is 0 Å². The summed E-state index contributed by atoms with van der Waals surface area (Å²) in [4.78, 5) is 16.6. The number of hydrogen-bond donors (Lipinski definition) is 1. The maximum Gasteiger partial charge on any atom is 0.246 e. The summed E-state index contributed by atoms with van der Waals surface area (Å²) in [6, 6.07) is 15.9.